The quantitative estimate of drug-likeness (QED) is 0.291. The predicted octanol–water partition coefficient (Wildman–Crippen LogP) is 3.72. The number of nitrogens with zero attached hydrogens (tertiary/aromatic N) is 2. The molecule has 0 saturated carbocycles. The van der Waals surface area contributed by atoms with Crippen LogP contribution in [0.25, 0.3) is 10.6 Å². The van der Waals surface area contributed by atoms with Crippen LogP contribution in [0.4, 0.5) is 0 Å². The van der Waals surface area contributed by atoms with Crippen molar-refractivity contribution in [1.29, 1.82) is 0 Å². The fourth-order valence-corrected chi connectivity index (χ4v) is 4.12. The number of rotatable bonds is 13. The Bertz CT molecular complexity index is 700. The minimum atomic E-state index is 0.636. The molecule has 0 spiro atoms. The topological polar surface area (TPSA) is 67.8 Å². The summed E-state index contributed by atoms with van der Waals surface area (Å²) >= 11 is 3.50. The lowest BCUT2D eigenvalue weighted by atomic mass is 10.3. The second kappa shape index (κ2) is 13.7. The number of aliphatic imine (C=N–C) groups is 1. The van der Waals surface area contributed by atoms with E-state index in [2.05, 4.69) is 45.0 Å². The smallest absolute Gasteiger partial charge is 0.191 e. The summed E-state index contributed by atoms with van der Waals surface area (Å²) in [5.41, 5.74) is 1.08. The molecule has 0 aliphatic carbocycles. The minimum Gasteiger partial charge on any atom is -0.379 e. The first kappa shape index (κ1) is 22.8. The number of nitrogens with one attached hydrogen (secondary N) is 2. The first-order chi connectivity index (χ1) is 13.7. The molecule has 2 aromatic rings. The van der Waals surface area contributed by atoms with Gasteiger partial charge in [-0.2, -0.15) is 0 Å². The van der Waals surface area contributed by atoms with Crippen LogP contribution in [0.3, 0.4) is 0 Å². The minimum absolute atomic E-state index is 0.636. The van der Waals surface area contributed by atoms with Crippen molar-refractivity contribution in [3.05, 3.63) is 27.4 Å². The van der Waals surface area contributed by atoms with Crippen LogP contribution < -0.4 is 10.6 Å². The number of thiophene rings is 1. The van der Waals surface area contributed by atoms with E-state index in [0.717, 1.165) is 55.6 Å². The molecule has 28 heavy (non-hydrogen) atoms. The average Bonchev–Trinajstić information content (AvgIpc) is 3.34. The molecule has 0 atom stereocenters. The summed E-state index contributed by atoms with van der Waals surface area (Å²) in [5, 5.41) is 9.84. The lowest BCUT2D eigenvalue weighted by molar-refractivity contribution is 0.0487. The highest BCUT2D eigenvalue weighted by molar-refractivity contribution is 7.16. The van der Waals surface area contributed by atoms with E-state index in [1.54, 1.807) is 29.7 Å². The zero-order valence-electron chi connectivity index (χ0n) is 17.1. The number of unbranched alkanes of at least 4 members (excludes halogenated alkanes) is 1. The van der Waals surface area contributed by atoms with Crippen LogP contribution in [0.15, 0.2) is 22.5 Å². The maximum absolute atomic E-state index is 5.56. The zero-order chi connectivity index (χ0) is 20.0. The van der Waals surface area contributed by atoms with Gasteiger partial charge in [-0.15, -0.1) is 22.7 Å². The third kappa shape index (κ3) is 8.68. The maximum atomic E-state index is 5.56. The molecular weight excluding hydrogens is 392 g/mol. The largest absolute Gasteiger partial charge is 0.379 e. The molecule has 0 radical (unpaired) electrons. The van der Waals surface area contributed by atoms with Crippen LogP contribution in [-0.2, 0) is 15.9 Å². The second-order valence-corrected chi connectivity index (χ2v) is 8.50. The molecule has 0 aliphatic heterocycles. The predicted molar refractivity (Wildman–Crippen MR) is 120 cm³/mol. The molecule has 2 N–H and O–H groups in total. The molecule has 0 bridgehead atoms. The van der Waals surface area contributed by atoms with Gasteiger partial charge in [0.2, 0.25) is 0 Å². The van der Waals surface area contributed by atoms with Gasteiger partial charge in [-0.1, -0.05) is 13.3 Å². The molecule has 2 rings (SSSR count). The standard InChI is InChI=1S/C20H32N4O2S2/c1-4-5-11-25-13-14-26-12-10-23-20(21-3)22-9-8-17-6-7-19(28-17)18-15-27-16(2)24-18/h6-7,15H,4-5,8-14H2,1-3H3,(H2,21,22,23). The Morgan fingerprint density at radius 3 is 2.61 bits per heavy atom. The Hall–Kier alpha value is -1.48. The number of aromatic nitrogens is 1. The van der Waals surface area contributed by atoms with E-state index in [1.165, 1.54) is 9.75 Å². The second-order valence-electron chi connectivity index (χ2n) is 6.27. The number of guanidine groups is 1. The van der Waals surface area contributed by atoms with Gasteiger partial charge >= 0.3 is 0 Å². The summed E-state index contributed by atoms with van der Waals surface area (Å²) < 4.78 is 11.0. The summed E-state index contributed by atoms with van der Waals surface area (Å²) in [7, 11) is 1.78. The molecular formula is C20H32N4O2S2. The zero-order valence-corrected chi connectivity index (χ0v) is 18.8. The Kier molecular flexibility index (Phi) is 11.1. The van der Waals surface area contributed by atoms with Crippen molar-refractivity contribution in [2.45, 2.75) is 33.1 Å². The van der Waals surface area contributed by atoms with Gasteiger partial charge in [-0.3, -0.25) is 4.99 Å². The molecule has 0 aliphatic rings. The van der Waals surface area contributed by atoms with E-state index in [1.807, 2.05) is 6.92 Å². The number of thiazole rings is 1. The van der Waals surface area contributed by atoms with Crippen LogP contribution in [0.2, 0.25) is 0 Å². The van der Waals surface area contributed by atoms with Crippen LogP contribution in [0, 0.1) is 6.92 Å². The SMILES string of the molecule is CCCCOCCOCCNC(=NC)NCCc1ccc(-c2csc(C)n2)s1. The molecule has 0 aromatic carbocycles. The highest BCUT2D eigenvalue weighted by Crippen LogP contribution is 2.29. The molecule has 0 saturated heterocycles. The molecule has 2 aromatic heterocycles. The van der Waals surface area contributed by atoms with E-state index < -0.39 is 0 Å². The monoisotopic (exact) mass is 424 g/mol. The number of hydrogen-bond acceptors (Lipinski definition) is 6. The summed E-state index contributed by atoms with van der Waals surface area (Å²) in [6.07, 6.45) is 3.23. The fraction of sp³-hybridized carbons (Fsp3) is 0.600. The van der Waals surface area contributed by atoms with Gasteiger partial charge in [0.15, 0.2) is 5.96 Å². The van der Waals surface area contributed by atoms with E-state index in [9.17, 15) is 0 Å². The fourth-order valence-electron chi connectivity index (χ4n) is 2.46. The van der Waals surface area contributed by atoms with Crippen molar-refractivity contribution in [1.82, 2.24) is 15.6 Å². The van der Waals surface area contributed by atoms with Crippen LogP contribution >= 0.6 is 22.7 Å². The Balaban J connectivity index is 1.56. The van der Waals surface area contributed by atoms with E-state index in [-0.39, 0.29) is 0 Å². The summed E-state index contributed by atoms with van der Waals surface area (Å²) in [6.45, 7) is 8.52. The van der Waals surface area contributed by atoms with Crippen molar-refractivity contribution in [3.63, 3.8) is 0 Å². The summed E-state index contributed by atoms with van der Waals surface area (Å²) in [6, 6.07) is 4.34. The van der Waals surface area contributed by atoms with E-state index in [0.29, 0.717) is 19.8 Å². The summed E-state index contributed by atoms with van der Waals surface area (Å²) in [5.74, 6) is 0.801. The van der Waals surface area contributed by atoms with Crippen molar-refractivity contribution in [2.24, 2.45) is 4.99 Å². The van der Waals surface area contributed by atoms with Crippen LogP contribution in [0.1, 0.15) is 29.7 Å². The first-order valence-electron chi connectivity index (χ1n) is 9.84. The normalized spacial score (nSPS) is 11.8. The van der Waals surface area contributed by atoms with Gasteiger partial charge in [0, 0.05) is 37.0 Å². The lowest BCUT2D eigenvalue weighted by Crippen LogP contribution is -2.39. The van der Waals surface area contributed by atoms with E-state index >= 15 is 0 Å². The van der Waals surface area contributed by atoms with Crippen LogP contribution in [-0.4, -0.2) is 57.5 Å². The Labute approximate surface area is 176 Å². The number of hydrogen-bond donors (Lipinski definition) is 2. The van der Waals surface area contributed by atoms with Crippen molar-refractivity contribution in [2.75, 3.05) is 46.6 Å². The van der Waals surface area contributed by atoms with Crippen molar-refractivity contribution < 1.29 is 9.47 Å². The molecule has 156 valence electrons. The molecule has 0 amide bonds. The molecule has 0 unspecified atom stereocenters. The highest BCUT2D eigenvalue weighted by atomic mass is 32.1. The van der Waals surface area contributed by atoms with Crippen molar-refractivity contribution in [3.8, 4) is 10.6 Å². The van der Waals surface area contributed by atoms with Gasteiger partial charge < -0.3 is 20.1 Å². The lowest BCUT2D eigenvalue weighted by Gasteiger charge is -2.11. The Morgan fingerprint density at radius 2 is 1.89 bits per heavy atom. The maximum Gasteiger partial charge on any atom is 0.191 e. The highest BCUT2D eigenvalue weighted by Gasteiger charge is 2.06. The van der Waals surface area contributed by atoms with Gasteiger partial charge in [-0.05, 0) is 31.9 Å². The average molecular weight is 425 g/mol. The van der Waals surface area contributed by atoms with Gasteiger partial charge in [0.25, 0.3) is 0 Å². The molecule has 0 fully saturated rings. The summed E-state index contributed by atoms with van der Waals surface area (Å²) in [4.78, 5) is 11.4. The molecule has 6 nitrogen and oxygen atoms in total. The Morgan fingerprint density at radius 1 is 1.11 bits per heavy atom. The van der Waals surface area contributed by atoms with Gasteiger partial charge in [0.05, 0.1) is 35.4 Å². The molecule has 2 heterocycles. The van der Waals surface area contributed by atoms with Gasteiger partial charge in [0.1, 0.15) is 0 Å². The van der Waals surface area contributed by atoms with Crippen molar-refractivity contribution >= 4 is 28.6 Å². The first-order valence-corrected chi connectivity index (χ1v) is 11.5. The van der Waals surface area contributed by atoms with E-state index in [4.69, 9.17) is 9.47 Å². The number of aryl methyl sites for hydroxylation is 1. The van der Waals surface area contributed by atoms with Crippen LogP contribution in [0.5, 0.6) is 0 Å². The van der Waals surface area contributed by atoms with Gasteiger partial charge in [-0.25, -0.2) is 4.98 Å². The third-order valence-electron chi connectivity index (χ3n) is 3.97. The number of ether oxygens (including phenoxy) is 2. The molecule has 8 heteroatoms. The third-order valence-corrected chi connectivity index (χ3v) is 5.91.